The Morgan fingerprint density at radius 2 is 2.29 bits per heavy atom. The molecule has 0 saturated heterocycles. The monoisotopic (exact) mass is 395 g/mol. The molecule has 0 fully saturated rings. The third-order valence-corrected chi connectivity index (χ3v) is 6.37. The van der Waals surface area contributed by atoms with Crippen molar-refractivity contribution in [3.05, 3.63) is 41.8 Å². The van der Waals surface area contributed by atoms with Gasteiger partial charge < -0.3 is 0 Å². The van der Waals surface area contributed by atoms with Gasteiger partial charge in [0.15, 0.2) is 0 Å². The van der Waals surface area contributed by atoms with Crippen LogP contribution in [-0.2, 0) is 0 Å². The molecule has 5 heteroatoms. The van der Waals surface area contributed by atoms with Crippen LogP contribution in [-0.4, -0.2) is 31.2 Å². The van der Waals surface area contributed by atoms with Crippen LogP contribution in [0.4, 0.5) is 0 Å². The first-order chi connectivity index (χ1) is 10.2. The maximum atomic E-state index is 11.1. The van der Waals surface area contributed by atoms with E-state index in [0.29, 0.717) is 11.6 Å². The van der Waals surface area contributed by atoms with Gasteiger partial charge in [-0.05, 0) is 0 Å². The average Bonchev–Trinajstić information content (AvgIpc) is 2.92. The second-order valence-corrected chi connectivity index (χ2v) is 9.52. The Balaban J connectivity index is 2.11. The molecule has 0 bridgehead atoms. The van der Waals surface area contributed by atoms with Crippen molar-refractivity contribution in [1.29, 1.82) is 0 Å². The average molecular weight is 395 g/mol. The van der Waals surface area contributed by atoms with Crippen molar-refractivity contribution in [2.24, 2.45) is 9.12 Å². The van der Waals surface area contributed by atoms with Gasteiger partial charge in [-0.3, -0.25) is 0 Å². The Kier molecular flexibility index (Phi) is 4.10. The van der Waals surface area contributed by atoms with Gasteiger partial charge in [0, 0.05) is 0 Å². The summed E-state index contributed by atoms with van der Waals surface area (Å²) in [6.45, 7) is 2.19. The number of aldehydes is 1. The van der Waals surface area contributed by atoms with Gasteiger partial charge in [0.25, 0.3) is 0 Å². The molecule has 0 radical (unpaired) electrons. The third kappa shape index (κ3) is 2.88. The maximum absolute atomic E-state index is 11.1. The van der Waals surface area contributed by atoms with Crippen LogP contribution >= 0.6 is 19.6 Å². The van der Waals surface area contributed by atoms with Crippen molar-refractivity contribution >= 4 is 47.4 Å². The van der Waals surface area contributed by atoms with Crippen LogP contribution in [0.1, 0.15) is 29.5 Å². The van der Waals surface area contributed by atoms with Crippen molar-refractivity contribution in [3.8, 4) is 0 Å². The molecule has 4 nitrogen and oxygen atoms in total. The predicted molar refractivity (Wildman–Crippen MR) is 98.7 cm³/mol. The van der Waals surface area contributed by atoms with Gasteiger partial charge in [0.05, 0.1) is 0 Å². The van der Waals surface area contributed by atoms with Gasteiger partial charge in [-0.1, -0.05) is 0 Å². The first-order valence-electron chi connectivity index (χ1n) is 6.86. The summed E-state index contributed by atoms with van der Waals surface area (Å²) < 4.78 is 8.61. The molecule has 3 rings (SSSR count). The molecule has 1 aromatic rings. The van der Waals surface area contributed by atoms with Crippen LogP contribution in [0, 0.1) is 5.92 Å². The van der Waals surface area contributed by atoms with E-state index in [-0.39, 0.29) is 0 Å². The van der Waals surface area contributed by atoms with Gasteiger partial charge in [0.1, 0.15) is 0 Å². The summed E-state index contributed by atoms with van der Waals surface area (Å²) in [7, 11) is 0. The van der Waals surface area contributed by atoms with E-state index < -0.39 is 19.6 Å². The van der Waals surface area contributed by atoms with E-state index in [4.69, 9.17) is 0 Å². The Bertz CT molecular complexity index is 735. The summed E-state index contributed by atoms with van der Waals surface area (Å²) in [5.41, 5.74) is 3.59. The molecule has 2 atom stereocenters. The van der Waals surface area contributed by atoms with Gasteiger partial charge in [0.2, 0.25) is 0 Å². The van der Waals surface area contributed by atoms with Crippen LogP contribution in [0.3, 0.4) is 0 Å². The zero-order valence-electron chi connectivity index (χ0n) is 12.1. The molecule has 2 unspecified atom stereocenters. The molecule has 110 valence electrons. The molecule has 1 aromatic heterocycles. The van der Waals surface area contributed by atoms with Gasteiger partial charge >= 0.3 is 131 Å². The SMILES string of the molecule is CC1CC=CC=C1c1cc(C=O)nn1C1=CC=[IH](C)N=C1. The number of alkyl halides is 1. The number of carbonyl (C=O) groups is 1. The predicted octanol–water partition coefficient (Wildman–Crippen LogP) is 3.19. The van der Waals surface area contributed by atoms with Crippen molar-refractivity contribution in [2.75, 3.05) is 4.93 Å². The summed E-state index contributed by atoms with van der Waals surface area (Å²) in [4.78, 5) is 13.3. The van der Waals surface area contributed by atoms with Crippen molar-refractivity contribution in [1.82, 2.24) is 9.78 Å². The van der Waals surface area contributed by atoms with Crippen molar-refractivity contribution < 1.29 is 4.79 Å². The minimum atomic E-state index is -1.37. The number of hydrogen-bond donors (Lipinski definition) is 0. The molecule has 0 spiro atoms. The fourth-order valence-corrected chi connectivity index (χ4v) is 4.40. The number of aromatic nitrogens is 2. The van der Waals surface area contributed by atoms with E-state index in [1.165, 1.54) is 5.57 Å². The standard InChI is InChI=1S/C16H18IN3O/c1-12-5-3-4-6-15(12)16-9-13(11-21)19-20(16)14-7-8-17(2)18-10-14/h3-4,6-12,17H,5H2,1-2H3. The fraction of sp³-hybridized carbons (Fsp3) is 0.250. The number of rotatable bonds is 3. The van der Waals surface area contributed by atoms with Crippen LogP contribution in [0.15, 0.2) is 33.6 Å². The molecule has 2 aliphatic rings. The number of allylic oxidation sites excluding steroid dienone is 6. The third-order valence-electron chi connectivity index (χ3n) is 3.61. The Morgan fingerprint density at radius 3 is 2.95 bits per heavy atom. The number of hydrogen-bond acceptors (Lipinski definition) is 3. The summed E-state index contributed by atoms with van der Waals surface area (Å²) in [5, 5.41) is 4.41. The summed E-state index contributed by atoms with van der Waals surface area (Å²) >= 11 is -1.37. The quantitative estimate of drug-likeness (QED) is 0.449. The number of nitrogens with zero attached hydrogens (tertiary/aromatic N) is 3. The fourth-order valence-electron chi connectivity index (χ4n) is 2.45. The van der Waals surface area contributed by atoms with E-state index in [1.807, 2.05) is 17.0 Å². The molecule has 0 amide bonds. The van der Waals surface area contributed by atoms with Crippen LogP contribution in [0.2, 0.25) is 0 Å². The molecular formula is C16H18IN3O. The van der Waals surface area contributed by atoms with E-state index in [1.54, 1.807) is 0 Å². The number of carbonyl (C=O) groups excluding carboxylic acids is 1. The van der Waals surface area contributed by atoms with E-state index >= 15 is 0 Å². The summed E-state index contributed by atoms with van der Waals surface area (Å²) in [6.07, 6.45) is 12.1. The molecule has 0 saturated carbocycles. The molecular weight excluding hydrogens is 377 g/mol. The van der Waals surface area contributed by atoms with E-state index in [2.05, 4.69) is 48.5 Å². The van der Waals surface area contributed by atoms with Crippen molar-refractivity contribution in [2.45, 2.75) is 13.3 Å². The summed E-state index contributed by atoms with van der Waals surface area (Å²) in [5.74, 6) is 0.422. The Labute approximate surface area is 131 Å². The molecule has 1 aliphatic carbocycles. The first kappa shape index (κ1) is 14.3. The second-order valence-electron chi connectivity index (χ2n) is 5.16. The van der Waals surface area contributed by atoms with Gasteiger partial charge in [-0.15, -0.1) is 0 Å². The first-order valence-corrected chi connectivity index (χ1v) is 11.6. The van der Waals surface area contributed by atoms with E-state index in [0.717, 1.165) is 24.1 Å². The molecule has 1 aliphatic heterocycles. The Morgan fingerprint density at radius 1 is 1.43 bits per heavy atom. The molecule has 2 heterocycles. The molecule has 0 N–H and O–H groups in total. The second kappa shape index (κ2) is 6.01. The zero-order chi connectivity index (χ0) is 14.8. The minimum absolute atomic E-state index is 0.422. The van der Waals surface area contributed by atoms with Crippen LogP contribution in [0.5, 0.6) is 0 Å². The van der Waals surface area contributed by atoms with Crippen molar-refractivity contribution in [3.63, 3.8) is 0 Å². The molecule has 21 heavy (non-hydrogen) atoms. The van der Waals surface area contributed by atoms with Gasteiger partial charge in [-0.25, -0.2) is 0 Å². The topological polar surface area (TPSA) is 47.2 Å². The number of halogens is 1. The Hall–Kier alpha value is -1.63. The summed E-state index contributed by atoms with van der Waals surface area (Å²) in [6, 6.07) is 1.86. The van der Waals surface area contributed by atoms with Crippen LogP contribution < -0.4 is 0 Å². The van der Waals surface area contributed by atoms with Gasteiger partial charge in [-0.2, -0.15) is 0 Å². The van der Waals surface area contributed by atoms with E-state index in [9.17, 15) is 4.79 Å². The van der Waals surface area contributed by atoms with Crippen LogP contribution in [0.25, 0.3) is 11.3 Å². The molecule has 0 aromatic carbocycles. The normalized spacial score (nSPS) is 26.0. The zero-order valence-corrected chi connectivity index (χ0v) is 14.4.